The molecule has 0 spiro atoms. The van der Waals surface area contributed by atoms with E-state index in [2.05, 4.69) is 109 Å². The first kappa shape index (κ1) is 32.0. The summed E-state index contributed by atoms with van der Waals surface area (Å²) in [4.78, 5) is 4.19. The number of nitrogens with zero attached hydrogens (tertiary/aromatic N) is 1. The summed E-state index contributed by atoms with van der Waals surface area (Å²) < 4.78 is 0. The van der Waals surface area contributed by atoms with Crippen LogP contribution in [0, 0.1) is 0 Å². The smallest absolute Gasteiger partial charge is 0.0631 e. The molecule has 2 aliphatic rings. The molecular formula is C36H44N4. The third-order valence-electron chi connectivity index (χ3n) is 6.42. The molecule has 3 aromatic rings. The molecule has 0 amide bonds. The molecule has 7 N–H and O–H groups in total. The molecule has 0 saturated heterocycles. The third-order valence-corrected chi connectivity index (χ3v) is 6.42. The number of rotatable bonds is 5. The van der Waals surface area contributed by atoms with Crippen LogP contribution >= 0.6 is 0 Å². The van der Waals surface area contributed by atoms with Gasteiger partial charge in [0, 0.05) is 0 Å². The first-order valence-electron chi connectivity index (χ1n) is 13.7. The lowest BCUT2D eigenvalue weighted by atomic mass is 9.92. The lowest BCUT2D eigenvalue weighted by Gasteiger charge is -2.13. The maximum atomic E-state index is 5.56. The van der Waals surface area contributed by atoms with Crippen molar-refractivity contribution in [2.75, 3.05) is 12.8 Å². The Labute approximate surface area is 240 Å². The fourth-order valence-electron chi connectivity index (χ4n) is 4.48. The van der Waals surface area contributed by atoms with Gasteiger partial charge in [-0.3, -0.25) is 4.98 Å². The van der Waals surface area contributed by atoms with Gasteiger partial charge in [0.25, 0.3) is 0 Å². The first-order chi connectivity index (χ1) is 19.2. The summed E-state index contributed by atoms with van der Waals surface area (Å²) in [7, 11) is 1.50. The summed E-state index contributed by atoms with van der Waals surface area (Å²) >= 11 is 0. The maximum absolute atomic E-state index is 5.56. The highest BCUT2D eigenvalue weighted by atomic mass is 14.7. The molecule has 208 valence electrons. The van der Waals surface area contributed by atoms with Crippen molar-refractivity contribution in [3.8, 4) is 0 Å². The van der Waals surface area contributed by atoms with Crippen molar-refractivity contribution in [1.82, 2.24) is 11.1 Å². The monoisotopic (exact) mass is 532 g/mol. The third kappa shape index (κ3) is 10.5. The summed E-state index contributed by atoms with van der Waals surface area (Å²) in [6, 6.07) is 19.2. The number of hydrogen-bond donors (Lipinski definition) is 3. The van der Waals surface area contributed by atoms with Gasteiger partial charge in [0.05, 0.1) is 17.6 Å². The van der Waals surface area contributed by atoms with Crippen molar-refractivity contribution < 1.29 is 0 Å². The quantitative estimate of drug-likeness (QED) is 0.305. The second-order valence-corrected chi connectivity index (χ2v) is 9.31. The van der Waals surface area contributed by atoms with Crippen molar-refractivity contribution in [2.24, 2.45) is 5.73 Å². The zero-order valence-electron chi connectivity index (χ0n) is 24.0. The molecular weight excluding hydrogens is 488 g/mol. The molecule has 1 heterocycles. The van der Waals surface area contributed by atoms with Crippen molar-refractivity contribution in [2.45, 2.75) is 39.0 Å². The van der Waals surface area contributed by atoms with Crippen molar-refractivity contribution in [1.29, 1.82) is 0 Å². The van der Waals surface area contributed by atoms with Gasteiger partial charge in [-0.05, 0) is 97.3 Å². The van der Waals surface area contributed by atoms with Crippen LogP contribution < -0.4 is 17.6 Å². The van der Waals surface area contributed by atoms with Crippen LogP contribution in [-0.2, 0) is 6.42 Å². The highest BCUT2D eigenvalue weighted by Crippen LogP contribution is 2.25. The minimum absolute atomic E-state index is 0. The summed E-state index contributed by atoms with van der Waals surface area (Å²) in [6.45, 7) is 2.10. The standard InChI is InChI=1S/C21H22.C14H14N2.CH5N.H3N/c1-2-8-20(18-9-4-3-5-10-18)15-17-13-14-19-11-6-7-12-21(19)16-17;15-13-9-10-14(16-11-13)8-4-7-12-5-2-1-3-6-12;1-2;/h2,4,6-9,11-14,16H,3,5,10,15H2,1H3;1-5,7-11H,6,15H2;2H2,1H3;1H3/b8-2-,20-18+;8-4+,12-7-;;. The van der Waals surface area contributed by atoms with Crippen LogP contribution in [0.15, 0.2) is 138 Å². The van der Waals surface area contributed by atoms with Crippen LogP contribution in [0.5, 0.6) is 0 Å². The van der Waals surface area contributed by atoms with E-state index in [-0.39, 0.29) is 6.15 Å². The fourth-order valence-corrected chi connectivity index (χ4v) is 4.48. The molecule has 2 aromatic carbocycles. The van der Waals surface area contributed by atoms with Gasteiger partial charge in [-0.2, -0.15) is 0 Å². The van der Waals surface area contributed by atoms with E-state index in [4.69, 9.17) is 5.73 Å². The second kappa shape index (κ2) is 18.1. The molecule has 4 heteroatoms. The number of nitrogen functional groups attached to an aromatic ring is 1. The molecule has 2 aliphatic carbocycles. The van der Waals surface area contributed by atoms with Crippen LogP contribution in [-0.4, -0.2) is 12.0 Å². The van der Waals surface area contributed by atoms with E-state index in [0.717, 1.165) is 18.5 Å². The predicted octanol–water partition coefficient (Wildman–Crippen LogP) is 8.85. The topological polar surface area (TPSA) is 99.9 Å². The van der Waals surface area contributed by atoms with Crippen LogP contribution in [0.4, 0.5) is 5.69 Å². The summed E-state index contributed by atoms with van der Waals surface area (Å²) in [6.07, 6.45) is 30.9. The van der Waals surface area contributed by atoms with Gasteiger partial charge in [-0.15, -0.1) is 0 Å². The minimum atomic E-state index is 0. The van der Waals surface area contributed by atoms with Gasteiger partial charge in [0.15, 0.2) is 0 Å². The molecule has 0 atom stereocenters. The average molecular weight is 533 g/mol. The number of allylic oxidation sites excluding steroid dienone is 13. The fraction of sp³-hybridized carbons (Fsp3) is 0.194. The predicted molar refractivity (Wildman–Crippen MR) is 176 cm³/mol. The highest BCUT2D eigenvalue weighted by molar-refractivity contribution is 5.83. The van der Waals surface area contributed by atoms with Gasteiger partial charge in [-0.1, -0.05) is 103 Å². The van der Waals surface area contributed by atoms with Gasteiger partial charge in [0.2, 0.25) is 0 Å². The van der Waals surface area contributed by atoms with Crippen LogP contribution in [0.3, 0.4) is 0 Å². The number of hydrogen-bond acceptors (Lipinski definition) is 4. The number of nitrogens with two attached hydrogens (primary N) is 2. The summed E-state index contributed by atoms with van der Waals surface area (Å²) in [5, 5.41) is 2.65. The molecule has 0 radical (unpaired) electrons. The number of aromatic nitrogens is 1. The molecule has 0 bridgehead atoms. The highest BCUT2D eigenvalue weighted by Gasteiger charge is 2.07. The first-order valence-corrected chi connectivity index (χ1v) is 13.7. The van der Waals surface area contributed by atoms with Crippen molar-refractivity contribution >= 4 is 22.5 Å². The summed E-state index contributed by atoms with van der Waals surface area (Å²) in [5.41, 5.74) is 17.3. The average Bonchev–Trinajstić information content (AvgIpc) is 3.00. The molecule has 4 nitrogen and oxygen atoms in total. The van der Waals surface area contributed by atoms with E-state index in [1.54, 1.807) is 6.20 Å². The SMILES string of the molecule is C/C=C\C(Cc1ccc2ccccc2c1)=C1\C=CCCC1.CN.N.Nc1ccc(/C=C/C=C2/C=CC=CC2)nc1. The molecule has 5 rings (SSSR count). The normalized spacial score (nSPS) is 16.3. The van der Waals surface area contributed by atoms with Crippen molar-refractivity contribution in [3.63, 3.8) is 0 Å². The Kier molecular flexibility index (Phi) is 14.5. The van der Waals surface area contributed by atoms with Gasteiger partial charge in [-0.25, -0.2) is 0 Å². The Hall–Kier alpha value is -4.25. The number of pyridine rings is 1. The van der Waals surface area contributed by atoms with E-state index in [1.807, 2.05) is 30.4 Å². The Morgan fingerprint density at radius 2 is 1.77 bits per heavy atom. The Bertz CT molecular complexity index is 1400. The van der Waals surface area contributed by atoms with E-state index < -0.39 is 0 Å². The van der Waals surface area contributed by atoms with Crippen LogP contribution in [0.25, 0.3) is 16.8 Å². The number of fused-ring (bicyclic) bond motifs is 1. The molecule has 40 heavy (non-hydrogen) atoms. The van der Waals surface area contributed by atoms with E-state index in [0.29, 0.717) is 5.69 Å². The molecule has 0 unspecified atom stereocenters. The van der Waals surface area contributed by atoms with Gasteiger partial charge < -0.3 is 17.6 Å². The second-order valence-electron chi connectivity index (χ2n) is 9.31. The van der Waals surface area contributed by atoms with Gasteiger partial charge >= 0.3 is 0 Å². The molecule has 0 fully saturated rings. The molecule has 0 saturated carbocycles. The molecule has 1 aromatic heterocycles. The largest absolute Gasteiger partial charge is 0.397 e. The maximum Gasteiger partial charge on any atom is 0.0631 e. The lowest BCUT2D eigenvalue weighted by molar-refractivity contribution is 0.811. The zero-order chi connectivity index (χ0) is 27.7. The Balaban J connectivity index is 0.000000266. The number of benzene rings is 2. The minimum Gasteiger partial charge on any atom is -0.397 e. The van der Waals surface area contributed by atoms with E-state index >= 15 is 0 Å². The Morgan fingerprint density at radius 1 is 0.950 bits per heavy atom. The summed E-state index contributed by atoms with van der Waals surface area (Å²) in [5.74, 6) is 0. The Morgan fingerprint density at radius 3 is 2.45 bits per heavy atom. The lowest BCUT2D eigenvalue weighted by Crippen LogP contribution is -1.96. The van der Waals surface area contributed by atoms with Crippen LogP contribution in [0.1, 0.15) is 43.9 Å². The van der Waals surface area contributed by atoms with Crippen molar-refractivity contribution in [3.05, 3.63) is 150 Å². The molecule has 0 aliphatic heterocycles. The van der Waals surface area contributed by atoms with E-state index in [1.165, 1.54) is 59.4 Å². The van der Waals surface area contributed by atoms with Gasteiger partial charge in [0.1, 0.15) is 0 Å². The number of anilines is 1. The van der Waals surface area contributed by atoms with Crippen LogP contribution in [0.2, 0.25) is 0 Å². The van der Waals surface area contributed by atoms with E-state index in [9.17, 15) is 0 Å². The zero-order valence-corrected chi connectivity index (χ0v) is 24.0.